The molecule has 0 bridgehead atoms. The summed E-state index contributed by atoms with van der Waals surface area (Å²) in [4.78, 5) is 22.7. The average Bonchev–Trinajstić information content (AvgIpc) is 3.07. The van der Waals surface area contributed by atoms with Crippen LogP contribution in [0.2, 0.25) is 0 Å². The van der Waals surface area contributed by atoms with Gasteiger partial charge >= 0.3 is 0 Å². The van der Waals surface area contributed by atoms with Crippen molar-refractivity contribution in [2.75, 3.05) is 19.6 Å². The number of carbonyl (C=O) groups is 2. The van der Waals surface area contributed by atoms with Gasteiger partial charge in [-0.3, -0.25) is 9.59 Å². The van der Waals surface area contributed by atoms with Gasteiger partial charge in [-0.05, 0) is 25.8 Å². The van der Waals surface area contributed by atoms with Crippen LogP contribution in [0.5, 0.6) is 0 Å². The second-order valence-corrected chi connectivity index (χ2v) is 4.33. The smallest absolute Gasteiger partial charge is 0.223 e. The van der Waals surface area contributed by atoms with Crippen LogP contribution in [0.25, 0.3) is 0 Å². The van der Waals surface area contributed by atoms with E-state index < -0.39 is 0 Å². The lowest BCUT2D eigenvalue weighted by molar-refractivity contribution is -0.125. The van der Waals surface area contributed by atoms with Crippen molar-refractivity contribution >= 4 is 11.8 Å². The topological polar surface area (TPSA) is 84.2 Å². The van der Waals surface area contributed by atoms with E-state index in [0.717, 1.165) is 12.8 Å². The third kappa shape index (κ3) is 4.61. The van der Waals surface area contributed by atoms with E-state index in [4.69, 9.17) is 5.73 Å². The Labute approximate surface area is 96.1 Å². The minimum atomic E-state index is -0.0517. The molecule has 0 radical (unpaired) electrons. The van der Waals surface area contributed by atoms with Gasteiger partial charge in [0.15, 0.2) is 0 Å². The zero-order valence-corrected chi connectivity index (χ0v) is 9.79. The van der Waals surface area contributed by atoms with Crippen LogP contribution in [0, 0.1) is 11.8 Å². The summed E-state index contributed by atoms with van der Waals surface area (Å²) in [7, 11) is 0. The summed E-state index contributed by atoms with van der Waals surface area (Å²) in [5, 5.41) is 5.57. The van der Waals surface area contributed by atoms with Crippen molar-refractivity contribution in [3.63, 3.8) is 0 Å². The van der Waals surface area contributed by atoms with Gasteiger partial charge in [0.25, 0.3) is 0 Å². The van der Waals surface area contributed by atoms with Crippen molar-refractivity contribution in [1.29, 1.82) is 0 Å². The van der Waals surface area contributed by atoms with Gasteiger partial charge in [-0.15, -0.1) is 0 Å². The van der Waals surface area contributed by atoms with E-state index in [1.807, 2.05) is 6.92 Å². The molecule has 0 aliphatic heterocycles. The van der Waals surface area contributed by atoms with Gasteiger partial charge < -0.3 is 16.4 Å². The average molecular weight is 227 g/mol. The normalized spacial score (nSPS) is 16.6. The molecule has 0 spiro atoms. The zero-order chi connectivity index (χ0) is 12.0. The maximum Gasteiger partial charge on any atom is 0.223 e. The number of rotatable bonds is 7. The van der Waals surface area contributed by atoms with Gasteiger partial charge in [0, 0.05) is 24.9 Å². The third-order valence-corrected chi connectivity index (χ3v) is 2.72. The molecule has 0 saturated heterocycles. The Kier molecular flexibility index (Phi) is 5.25. The fraction of sp³-hybridized carbons (Fsp3) is 0.818. The molecule has 2 amide bonds. The Morgan fingerprint density at radius 2 is 1.94 bits per heavy atom. The van der Waals surface area contributed by atoms with Gasteiger partial charge in [-0.2, -0.15) is 0 Å². The van der Waals surface area contributed by atoms with Gasteiger partial charge in [0.1, 0.15) is 0 Å². The van der Waals surface area contributed by atoms with Crippen LogP contribution >= 0.6 is 0 Å². The number of nitrogens with two attached hydrogens (primary N) is 1. The maximum atomic E-state index is 11.4. The summed E-state index contributed by atoms with van der Waals surface area (Å²) in [6, 6.07) is 0. The molecule has 1 rings (SSSR count). The lowest BCUT2D eigenvalue weighted by Crippen LogP contribution is -2.37. The summed E-state index contributed by atoms with van der Waals surface area (Å²) < 4.78 is 0. The number of carbonyl (C=O) groups excluding carboxylic acids is 2. The number of nitrogens with one attached hydrogen (secondary N) is 2. The van der Waals surface area contributed by atoms with Gasteiger partial charge in [0.05, 0.1) is 0 Å². The maximum absolute atomic E-state index is 11.4. The van der Waals surface area contributed by atoms with E-state index in [-0.39, 0.29) is 23.7 Å². The summed E-state index contributed by atoms with van der Waals surface area (Å²) in [6.07, 6.45) is 2.71. The van der Waals surface area contributed by atoms with E-state index in [0.29, 0.717) is 26.1 Å². The minimum Gasteiger partial charge on any atom is -0.354 e. The first-order valence-corrected chi connectivity index (χ1v) is 5.90. The first-order chi connectivity index (χ1) is 7.65. The van der Waals surface area contributed by atoms with E-state index in [9.17, 15) is 9.59 Å². The number of amides is 2. The molecule has 5 nitrogen and oxygen atoms in total. The first kappa shape index (κ1) is 13.0. The monoisotopic (exact) mass is 227 g/mol. The lowest BCUT2D eigenvalue weighted by Gasteiger charge is -2.11. The predicted molar refractivity (Wildman–Crippen MR) is 61.6 cm³/mol. The van der Waals surface area contributed by atoms with Crippen molar-refractivity contribution in [2.45, 2.75) is 26.2 Å². The van der Waals surface area contributed by atoms with Crippen molar-refractivity contribution in [1.82, 2.24) is 10.6 Å². The highest BCUT2D eigenvalue weighted by Crippen LogP contribution is 2.28. The highest BCUT2D eigenvalue weighted by molar-refractivity contribution is 5.81. The molecule has 0 heterocycles. The van der Waals surface area contributed by atoms with Gasteiger partial charge in [0.2, 0.25) is 11.8 Å². The molecule has 1 atom stereocenters. The highest BCUT2D eigenvalue weighted by atomic mass is 16.2. The highest BCUT2D eigenvalue weighted by Gasteiger charge is 2.28. The Balaban J connectivity index is 2.01. The van der Waals surface area contributed by atoms with E-state index in [1.54, 1.807) is 0 Å². The SMILES string of the molecule is CC(CCN)C(=O)NCCNC(=O)C1CC1. The van der Waals surface area contributed by atoms with Crippen LogP contribution < -0.4 is 16.4 Å². The second-order valence-electron chi connectivity index (χ2n) is 4.33. The molecule has 5 heteroatoms. The largest absolute Gasteiger partial charge is 0.354 e. The van der Waals surface area contributed by atoms with Crippen molar-refractivity contribution in [3.05, 3.63) is 0 Å². The summed E-state index contributed by atoms with van der Waals surface area (Å²) in [5.74, 6) is 0.298. The Bertz CT molecular complexity index is 252. The number of hydrogen-bond donors (Lipinski definition) is 3. The Morgan fingerprint density at radius 3 is 2.50 bits per heavy atom. The number of hydrogen-bond acceptors (Lipinski definition) is 3. The molecule has 92 valence electrons. The molecule has 1 saturated carbocycles. The van der Waals surface area contributed by atoms with Crippen LogP contribution in [0.4, 0.5) is 0 Å². The quantitative estimate of drug-likeness (QED) is 0.518. The van der Waals surface area contributed by atoms with Crippen LogP contribution in [0.3, 0.4) is 0 Å². The Morgan fingerprint density at radius 1 is 1.31 bits per heavy atom. The van der Waals surface area contributed by atoms with Crippen molar-refractivity contribution < 1.29 is 9.59 Å². The molecule has 0 aromatic carbocycles. The fourth-order valence-corrected chi connectivity index (χ4v) is 1.42. The van der Waals surface area contributed by atoms with Gasteiger partial charge in [-0.1, -0.05) is 6.92 Å². The van der Waals surface area contributed by atoms with Crippen LogP contribution in [-0.4, -0.2) is 31.4 Å². The fourth-order valence-electron chi connectivity index (χ4n) is 1.42. The molecule has 0 aromatic rings. The minimum absolute atomic E-state index is 0.00567. The van der Waals surface area contributed by atoms with Crippen molar-refractivity contribution in [2.24, 2.45) is 17.6 Å². The van der Waals surface area contributed by atoms with E-state index >= 15 is 0 Å². The zero-order valence-electron chi connectivity index (χ0n) is 9.79. The molecule has 4 N–H and O–H groups in total. The molecule has 1 fully saturated rings. The standard InChI is InChI=1S/C11H21N3O2/c1-8(4-5-12)10(15)13-6-7-14-11(16)9-2-3-9/h8-9H,2-7,12H2,1H3,(H,13,15)(H,14,16). The summed E-state index contributed by atoms with van der Waals surface area (Å²) in [6.45, 7) is 3.38. The molecular weight excluding hydrogens is 206 g/mol. The van der Waals surface area contributed by atoms with Crippen molar-refractivity contribution in [3.8, 4) is 0 Å². The van der Waals surface area contributed by atoms with E-state index in [2.05, 4.69) is 10.6 Å². The summed E-state index contributed by atoms with van der Waals surface area (Å²) in [5.41, 5.74) is 5.37. The van der Waals surface area contributed by atoms with E-state index in [1.165, 1.54) is 0 Å². The lowest BCUT2D eigenvalue weighted by atomic mass is 10.1. The molecule has 1 unspecified atom stereocenters. The van der Waals surface area contributed by atoms with Crippen LogP contribution in [0.1, 0.15) is 26.2 Å². The first-order valence-electron chi connectivity index (χ1n) is 5.90. The third-order valence-electron chi connectivity index (χ3n) is 2.72. The molecule has 1 aliphatic carbocycles. The van der Waals surface area contributed by atoms with Gasteiger partial charge in [-0.25, -0.2) is 0 Å². The molecule has 1 aliphatic rings. The second kappa shape index (κ2) is 6.48. The molecule has 16 heavy (non-hydrogen) atoms. The molecular formula is C11H21N3O2. The summed E-state index contributed by atoms with van der Waals surface area (Å²) >= 11 is 0. The van der Waals surface area contributed by atoms with Crippen LogP contribution in [-0.2, 0) is 9.59 Å². The van der Waals surface area contributed by atoms with Crippen LogP contribution in [0.15, 0.2) is 0 Å². The molecule has 0 aromatic heterocycles. The Hall–Kier alpha value is -1.10. The predicted octanol–water partition coefficient (Wildman–Crippen LogP) is -0.386.